The van der Waals surface area contributed by atoms with Crippen LogP contribution >= 0.6 is 0 Å². The van der Waals surface area contributed by atoms with E-state index in [1.54, 1.807) is 0 Å². The fourth-order valence-electron chi connectivity index (χ4n) is 3.97. The van der Waals surface area contributed by atoms with Crippen molar-refractivity contribution in [2.24, 2.45) is 5.41 Å². The van der Waals surface area contributed by atoms with E-state index in [0.29, 0.717) is 13.2 Å². The molecule has 0 aliphatic carbocycles. The average molecular weight is 384 g/mol. The second kappa shape index (κ2) is 7.82. The van der Waals surface area contributed by atoms with E-state index in [2.05, 4.69) is 35.6 Å². The van der Waals surface area contributed by atoms with E-state index in [4.69, 9.17) is 14.0 Å². The van der Waals surface area contributed by atoms with Crippen LogP contribution in [0.2, 0.25) is 0 Å². The highest BCUT2D eigenvalue weighted by atomic mass is 32.2. The Balaban J connectivity index is 1.77. The lowest BCUT2D eigenvalue weighted by molar-refractivity contribution is -0.0124. The first-order valence-corrected chi connectivity index (χ1v) is 10.5. The SMILES string of the molecule is CC(C)(Cc1ccc2c(c1)CCO2)C(CNS(=O)(=O)O)N1CCOCC1. The van der Waals surface area contributed by atoms with Crippen LogP contribution in [0.5, 0.6) is 5.75 Å². The summed E-state index contributed by atoms with van der Waals surface area (Å²) in [5.74, 6) is 0.962. The summed E-state index contributed by atoms with van der Waals surface area (Å²) in [6.45, 7) is 7.95. The summed E-state index contributed by atoms with van der Waals surface area (Å²) < 4.78 is 44.9. The van der Waals surface area contributed by atoms with Crippen molar-refractivity contribution >= 4 is 10.3 Å². The van der Waals surface area contributed by atoms with Crippen LogP contribution in [0.1, 0.15) is 25.0 Å². The molecule has 0 spiro atoms. The predicted molar refractivity (Wildman–Crippen MR) is 98.9 cm³/mol. The number of rotatable bonds is 7. The highest BCUT2D eigenvalue weighted by Crippen LogP contribution is 2.33. The molecule has 2 heterocycles. The molecule has 1 aromatic rings. The van der Waals surface area contributed by atoms with Crippen LogP contribution in [-0.4, -0.2) is 63.4 Å². The molecule has 2 N–H and O–H groups in total. The van der Waals surface area contributed by atoms with Crippen LogP contribution in [0, 0.1) is 5.41 Å². The number of ether oxygens (including phenoxy) is 2. The van der Waals surface area contributed by atoms with Crippen molar-refractivity contribution < 1.29 is 22.4 Å². The quantitative estimate of drug-likeness (QED) is 0.689. The van der Waals surface area contributed by atoms with Gasteiger partial charge in [-0.1, -0.05) is 26.0 Å². The number of benzene rings is 1. The van der Waals surface area contributed by atoms with Gasteiger partial charge in [-0.2, -0.15) is 13.1 Å². The summed E-state index contributed by atoms with van der Waals surface area (Å²) >= 11 is 0. The van der Waals surface area contributed by atoms with E-state index in [1.807, 2.05) is 6.07 Å². The predicted octanol–water partition coefficient (Wildman–Crippen LogP) is 1.28. The number of fused-ring (bicyclic) bond motifs is 1. The topological polar surface area (TPSA) is 88.1 Å². The standard InChI is InChI=1S/C18H28N2O5S/c1-18(2,12-14-3-4-16-15(11-14)5-8-25-16)17(13-19-26(21,22)23)20-6-9-24-10-7-20/h3-4,11,17,19H,5-10,12-13H2,1-2H3,(H,21,22,23). The Morgan fingerprint density at radius 1 is 1.27 bits per heavy atom. The first-order chi connectivity index (χ1) is 12.2. The van der Waals surface area contributed by atoms with Gasteiger partial charge < -0.3 is 9.47 Å². The van der Waals surface area contributed by atoms with E-state index in [-0.39, 0.29) is 18.0 Å². The summed E-state index contributed by atoms with van der Waals surface area (Å²) in [6.07, 6.45) is 1.73. The largest absolute Gasteiger partial charge is 0.493 e. The van der Waals surface area contributed by atoms with Gasteiger partial charge in [0.15, 0.2) is 0 Å². The van der Waals surface area contributed by atoms with Crippen molar-refractivity contribution in [2.45, 2.75) is 32.7 Å². The van der Waals surface area contributed by atoms with Crippen LogP contribution in [0.3, 0.4) is 0 Å². The zero-order valence-corrected chi connectivity index (χ0v) is 16.2. The third-order valence-electron chi connectivity index (χ3n) is 5.26. The summed E-state index contributed by atoms with van der Waals surface area (Å²) in [5, 5.41) is 0. The highest BCUT2D eigenvalue weighted by molar-refractivity contribution is 7.83. The second-order valence-electron chi connectivity index (χ2n) is 7.69. The Bertz CT molecular complexity index is 729. The lowest BCUT2D eigenvalue weighted by Gasteiger charge is -2.44. The van der Waals surface area contributed by atoms with Gasteiger partial charge in [0.05, 0.1) is 19.8 Å². The Hall–Kier alpha value is -1.19. The van der Waals surface area contributed by atoms with Crippen molar-refractivity contribution in [2.75, 3.05) is 39.5 Å². The van der Waals surface area contributed by atoms with E-state index >= 15 is 0 Å². The maximum absolute atomic E-state index is 11.2. The normalized spacial score (nSPS) is 19.8. The van der Waals surface area contributed by atoms with Gasteiger partial charge in [0.2, 0.25) is 0 Å². The van der Waals surface area contributed by atoms with Crippen LogP contribution in [0.4, 0.5) is 0 Å². The molecular weight excluding hydrogens is 356 g/mol. The molecule has 0 radical (unpaired) electrons. The van der Waals surface area contributed by atoms with Gasteiger partial charge in [0.1, 0.15) is 5.75 Å². The van der Waals surface area contributed by atoms with Crippen molar-refractivity contribution in [1.82, 2.24) is 9.62 Å². The fourth-order valence-corrected chi connectivity index (χ4v) is 4.34. The molecule has 1 unspecified atom stereocenters. The summed E-state index contributed by atoms with van der Waals surface area (Å²) in [6, 6.07) is 6.24. The molecule has 2 aliphatic rings. The van der Waals surface area contributed by atoms with Gasteiger partial charge >= 0.3 is 10.3 Å². The van der Waals surface area contributed by atoms with Crippen molar-refractivity contribution in [1.29, 1.82) is 0 Å². The molecule has 0 amide bonds. The number of nitrogens with zero attached hydrogens (tertiary/aromatic N) is 1. The number of morpholine rings is 1. The Labute approximate surface area is 155 Å². The molecule has 146 valence electrons. The number of hydrogen-bond donors (Lipinski definition) is 2. The lowest BCUT2D eigenvalue weighted by atomic mass is 9.77. The van der Waals surface area contributed by atoms with Gasteiger partial charge in [-0.25, -0.2) is 0 Å². The van der Waals surface area contributed by atoms with Gasteiger partial charge in [-0.3, -0.25) is 9.45 Å². The minimum atomic E-state index is -4.22. The van der Waals surface area contributed by atoms with E-state index in [0.717, 1.165) is 38.3 Å². The molecule has 7 nitrogen and oxygen atoms in total. The van der Waals surface area contributed by atoms with Crippen molar-refractivity contribution in [3.05, 3.63) is 29.3 Å². The Kier molecular flexibility index (Phi) is 5.88. The van der Waals surface area contributed by atoms with Crippen LogP contribution < -0.4 is 9.46 Å². The molecule has 0 aromatic heterocycles. The molecule has 1 aromatic carbocycles. The Morgan fingerprint density at radius 3 is 2.69 bits per heavy atom. The summed E-state index contributed by atoms with van der Waals surface area (Å²) in [7, 11) is -4.22. The molecule has 1 saturated heterocycles. The molecule has 2 aliphatic heterocycles. The fraction of sp³-hybridized carbons (Fsp3) is 0.667. The van der Waals surface area contributed by atoms with E-state index < -0.39 is 10.3 Å². The maximum atomic E-state index is 11.2. The first-order valence-electron chi connectivity index (χ1n) is 9.03. The zero-order chi connectivity index (χ0) is 18.8. The maximum Gasteiger partial charge on any atom is 0.333 e. The molecule has 1 atom stereocenters. The van der Waals surface area contributed by atoms with Crippen molar-refractivity contribution in [3.63, 3.8) is 0 Å². The first kappa shape index (κ1) is 19.6. The highest BCUT2D eigenvalue weighted by Gasteiger charge is 2.36. The zero-order valence-electron chi connectivity index (χ0n) is 15.4. The van der Waals surface area contributed by atoms with E-state index in [9.17, 15) is 8.42 Å². The van der Waals surface area contributed by atoms with Crippen LogP contribution in [0.15, 0.2) is 18.2 Å². The van der Waals surface area contributed by atoms with E-state index in [1.165, 1.54) is 11.1 Å². The van der Waals surface area contributed by atoms with Crippen LogP contribution in [0.25, 0.3) is 0 Å². The molecular formula is C18H28N2O5S. The van der Waals surface area contributed by atoms with Gasteiger partial charge in [-0.05, 0) is 29.0 Å². The minimum absolute atomic E-state index is 0.0576. The second-order valence-corrected chi connectivity index (χ2v) is 8.93. The molecule has 3 rings (SSSR count). The molecule has 0 saturated carbocycles. The van der Waals surface area contributed by atoms with Crippen LogP contribution in [-0.2, 0) is 27.9 Å². The molecule has 0 bridgehead atoms. The molecule has 1 fully saturated rings. The molecule has 8 heteroatoms. The van der Waals surface area contributed by atoms with Gasteiger partial charge in [0, 0.05) is 32.1 Å². The summed E-state index contributed by atoms with van der Waals surface area (Å²) in [4.78, 5) is 2.25. The summed E-state index contributed by atoms with van der Waals surface area (Å²) in [5.41, 5.74) is 2.24. The van der Waals surface area contributed by atoms with Crippen molar-refractivity contribution in [3.8, 4) is 5.75 Å². The Morgan fingerprint density at radius 2 is 2.00 bits per heavy atom. The number of nitrogens with one attached hydrogen (secondary N) is 1. The lowest BCUT2D eigenvalue weighted by Crippen LogP contribution is -2.55. The molecule has 26 heavy (non-hydrogen) atoms. The average Bonchev–Trinajstić information content (AvgIpc) is 3.02. The monoisotopic (exact) mass is 384 g/mol. The van der Waals surface area contributed by atoms with Gasteiger partial charge in [-0.15, -0.1) is 0 Å². The minimum Gasteiger partial charge on any atom is -0.493 e. The number of hydrogen-bond acceptors (Lipinski definition) is 5. The smallest absolute Gasteiger partial charge is 0.333 e. The third kappa shape index (κ3) is 4.95. The van der Waals surface area contributed by atoms with Gasteiger partial charge in [0.25, 0.3) is 0 Å². The third-order valence-corrected chi connectivity index (χ3v) is 5.79.